The van der Waals surface area contributed by atoms with Crippen LogP contribution in [-0.4, -0.2) is 27.9 Å². The highest BCUT2D eigenvalue weighted by Crippen LogP contribution is 2.18. The van der Waals surface area contributed by atoms with E-state index in [-0.39, 0.29) is 5.56 Å². The molecular formula is C8H9NO5. The minimum atomic E-state index is -0.826. The fraction of sp³-hybridized carbons (Fsp3) is 0.250. The van der Waals surface area contributed by atoms with E-state index < -0.39 is 23.2 Å². The van der Waals surface area contributed by atoms with Gasteiger partial charge in [0.2, 0.25) is 5.88 Å². The zero-order valence-corrected chi connectivity index (χ0v) is 7.64. The van der Waals surface area contributed by atoms with E-state index in [9.17, 15) is 14.7 Å². The zero-order chi connectivity index (χ0) is 10.9. The van der Waals surface area contributed by atoms with Crippen molar-refractivity contribution in [3.63, 3.8) is 0 Å². The van der Waals surface area contributed by atoms with Gasteiger partial charge in [0.15, 0.2) is 5.75 Å². The number of rotatable bonds is 1. The molecule has 0 aliphatic heterocycles. The maximum atomic E-state index is 11.1. The summed E-state index contributed by atoms with van der Waals surface area (Å²) >= 11 is 0. The van der Waals surface area contributed by atoms with Crippen LogP contribution >= 0.6 is 0 Å². The van der Waals surface area contributed by atoms with E-state index in [1.54, 1.807) is 0 Å². The second kappa shape index (κ2) is 3.41. The third-order valence-corrected chi connectivity index (χ3v) is 1.77. The summed E-state index contributed by atoms with van der Waals surface area (Å²) in [7, 11) is 2.35. The molecule has 0 saturated heterocycles. The first-order chi connectivity index (χ1) is 6.49. The molecule has 0 amide bonds. The third kappa shape index (κ3) is 1.41. The summed E-state index contributed by atoms with van der Waals surface area (Å²) < 4.78 is 5.09. The van der Waals surface area contributed by atoms with Crippen LogP contribution in [0.4, 0.5) is 0 Å². The Bertz CT molecular complexity index is 434. The number of aromatic nitrogens is 1. The first-order valence-electron chi connectivity index (χ1n) is 3.69. The number of esters is 1. The number of hydrogen-bond donors (Lipinski definition) is 2. The Morgan fingerprint density at radius 3 is 2.57 bits per heavy atom. The average Bonchev–Trinajstić information content (AvgIpc) is 2.19. The van der Waals surface area contributed by atoms with Gasteiger partial charge in [-0.25, -0.2) is 4.79 Å². The van der Waals surface area contributed by atoms with Crippen LogP contribution in [0.5, 0.6) is 11.6 Å². The molecule has 0 aromatic carbocycles. The Balaban J connectivity index is 3.48. The predicted octanol–water partition coefficient (Wildman–Crippen LogP) is -0.417. The lowest BCUT2D eigenvalue weighted by Gasteiger charge is -2.06. The van der Waals surface area contributed by atoms with Crippen LogP contribution < -0.4 is 5.56 Å². The molecule has 0 radical (unpaired) electrons. The van der Waals surface area contributed by atoms with Crippen molar-refractivity contribution in [2.45, 2.75) is 0 Å². The first-order valence-corrected chi connectivity index (χ1v) is 3.69. The van der Waals surface area contributed by atoms with Crippen LogP contribution in [0.25, 0.3) is 0 Å². The number of methoxy groups -OCH3 is 1. The van der Waals surface area contributed by atoms with Gasteiger partial charge in [-0.2, -0.15) is 0 Å². The molecule has 6 heteroatoms. The predicted molar refractivity (Wildman–Crippen MR) is 46.4 cm³/mol. The summed E-state index contributed by atoms with van der Waals surface area (Å²) in [5, 5.41) is 18.5. The molecule has 0 bridgehead atoms. The molecule has 1 aromatic rings. The lowest BCUT2D eigenvalue weighted by Crippen LogP contribution is -2.18. The van der Waals surface area contributed by atoms with Crippen molar-refractivity contribution in [3.05, 3.63) is 22.0 Å². The monoisotopic (exact) mass is 199 g/mol. The van der Waals surface area contributed by atoms with E-state index in [2.05, 4.69) is 4.74 Å². The Hall–Kier alpha value is -1.98. The topological polar surface area (TPSA) is 88.8 Å². The van der Waals surface area contributed by atoms with Gasteiger partial charge in [-0.05, 0) is 0 Å². The molecule has 0 saturated carbocycles. The van der Waals surface area contributed by atoms with E-state index in [0.717, 1.165) is 17.7 Å². The first kappa shape index (κ1) is 10.1. The molecule has 1 rings (SSSR count). The third-order valence-electron chi connectivity index (χ3n) is 1.77. The molecule has 0 atom stereocenters. The summed E-state index contributed by atoms with van der Waals surface area (Å²) in [6.07, 6.45) is 0. The van der Waals surface area contributed by atoms with E-state index >= 15 is 0 Å². The second-order valence-corrected chi connectivity index (χ2v) is 2.62. The summed E-state index contributed by atoms with van der Waals surface area (Å²) in [6.45, 7) is 0. The van der Waals surface area contributed by atoms with Crippen molar-refractivity contribution in [1.82, 2.24) is 4.57 Å². The van der Waals surface area contributed by atoms with Gasteiger partial charge in [0.1, 0.15) is 5.56 Å². The zero-order valence-electron chi connectivity index (χ0n) is 7.64. The van der Waals surface area contributed by atoms with Crippen molar-refractivity contribution < 1.29 is 19.7 Å². The van der Waals surface area contributed by atoms with Crippen LogP contribution in [-0.2, 0) is 11.8 Å². The van der Waals surface area contributed by atoms with Gasteiger partial charge in [0, 0.05) is 13.1 Å². The molecule has 14 heavy (non-hydrogen) atoms. The van der Waals surface area contributed by atoms with Crippen LogP contribution in [0.15, 0.2) is 10.9 Å². The SMILES string of the molecule is COC(=O)c1cc(O)c(=O)n(C)c1O. The van der Waals surface area contributed by atoms with Gasteiger partial charge < -0.3 is 14.9 Å². The van der Waals surface area contributed by atoms with Crippen molar-refractivity contribution >= 4 is 5.97 Å². The Morgan fingerprint density at radius 1 is 1.50 bits per heavy atom. The molecule has 0 fully saturated rings. The number of nitrogens with zero attached hydrogens (tertiary/aromatic N) is 1. The Kier molecular flexibility index (Phi) is 2.46. The van der Waals surface area contributed by atoms with Gasteiger partial charge in [0.25, 0.3) is 5.56 Å². The number of ether oxygens (including phenoxy) is 1. The van der Waals surface area contributed by atoms with Crippen LogP contribution in [0.3, 0.4) is 0 Å². The summed E-state index contributed by atoms with van der Waals surface area (Å²) in [5.74, 6) is -1.99. The second-order valence-electron chi connectivity index (χ2n) is 2.62. The van der Waals surface area contributed by atoms with Crippen molar-refractivity contribution in [2.75, 3.05) is 7.11 Å². The van der Waals surface area contributed by atoms with Crippen LogP contribution in [0.1, 0.15) is 10.4 Å². The maximum absolute atomic E-state index is 11.1. The summed E-state index contributed by atoms with van der Waals surface area (Å²) in [6, 6.07) is 0.865. The number of hydrogen-bond acceptors (Lipinski definition) is 5. The number of aromatic hydroxyl groups is 2. The highest BCUT2D eigenvalue weighted by Gasteiger charge is 2.17. The van der Waals surface area contributed by atoms with Crippen LogP contribution in [0, 0.1) is 0 Å². The summed E-state index contributed by atoms with van der Waals surface area (Å²) in [5.41, 5.74) is -1.04. The molecule has 0 unspecified atom stereocenters. The van der Waals surface area contributed by atoms with E-state index in [0.29, 0.717) is 0 Å². The molecule has 1 heterocycles. The van der Waals surface area contributed by atoms with Gasteiger partial charge in [0.05, 0.1) is 7.11 Å². The van der Waals surface area contributed by atoms with Crippen molar-refractivity contribution in [3.8, 4) is 11.6 Å². The van der Waals surface area contributed by atoms with Gasteiger partial charge in [-0.15, -0.1) is 0 Å². The number of carbonyl (C=O) groups is 1. The lowest BCUT2D eigenvalue weighted by molar-refractivity contribution is 0.0595. The molecule has 0 aliphatic rings. The molecule has 1 aromatic heterocycles. The van der Waals surface area contributed by atoms with Crippen LogP contribution in [0.2, 0.25) is 0 Å². The normalized spacial score (nSPS) is 9.86. The lowest BCUT2D eigenvalue weighted by atomic mass is 10.2. The van der Waals surface area contributed by atoms with Gasteiger partial charge in [-0.1, -0.05) is 0 Å². The molecule has 0 spiro atoms. The van der Waals surface area contributed by atoms with Gasteiger partial charge in [-0.3, -0.25) is 9.36 Å². The fourth-order valence-corrected chi connectivity index (χ4v) is 0.972. The minimum Gasteiger partial charge on any atom is -0.503 e. The largest absolute Gasteiger partial charge is 0.503 e. The molecule has 2 N–H and O–H groups in total. The van der Waals surface area contributed by atoms with E-state index in [1.807, 2.05) is 0 Å². The number of pyridine rings is 1. The standard InChI is InChI=1S/C8H9NO5/c1-9-6(11)4(8(13)14-2)3-5(10)7(9)12/h3,10-11H,1-2H3. The molecule has 6 nitrogen and oxygen atoms in total. The van der Waals surface area contributed by atoms with Crippen molar-refractivity contribution in [2.24, 2.45) is 7.05 Å². The summed E-state index contributed by atoms with van der Waals surface area (Å²) in [4.78, 5) is 22.1. The highest BCUT2D eigenvalue weighted by molar-refractivity contribution is 5.92. The van der Waals surface area contributed by atoms with Gasteiger partial charge >= 0.3 is 5.97 Å². The fourth-order valence-electron chi connectivity index (χ4n) is 0.972. The van der Waals surface area contributed by atoms with E-state index in [4.69, 9.17) is 5.11 Å². The molecule has 0 aliphatic carbocycles. The minimum absolute atomic E-state index is 0.257. The Morgan fingerprint density at radius 2 is 2.07 bits per heavy atom. The Labute approximate surface area is 79.0 Å². The van der Waals surface area contributed by atoms with Crippen molar-refractivity contribution in [1.29, 1.82) is 0 Å². The molecule has 76 valence electrons. The maximum Gasteiger partial charge on any atom is 0.343 e. The average molecular weight is 199 g/mol. The quantitative estimate of drug-likeness (QED) is 0.600. The number of carbonyl (C=O) groups excluding carboxylic acids is 1. The highest BCUT2D eigenvalue weighted by atomic mass is 16.5. The molecular weight excluding hydrogens is 190 g/mol. The smallest absolute Gasteiger partial charge is 0.343 e. The van der Waals surface area contributed by atoms with E-state index in [1.165, 1.54) is 7.05 Å².